The Labute approximate surface area is 309 Å². The fraction of sp³-hybridized carbons (Fsp3) is 0.469. The van der Waals surface area contributed by atoms with Crippen LogP contribution in [0.25, 0.3) is 20.8 Å². The summed E-state index contributed by atoms with van der Waals surface area (Å²) in [6.45, 7) is 6.62. The normalized spacial score (nSPS) is 11.9. The summed E-state index contributed by atoms with van der Waals surface area (Å²) in [5, 5.41) is 22.6. The standard InChI is InChI=1S/C28H40N8O3S.2C2HF3O2/c1-28(2,3)39-27(38)34-22(8-7-13-32-26(29)30)25(37)31-14-15-36(6)19-10-12-21-24(17-19)40-23-16-18(35(4)5)9-11-20(23)33-21;2*3-2(4,5)1(6)7/h9-12,16-17,22H,7-8,13-15H2,1-6H3,(H5-,29,30,31,32,34,37,38);2*(H,6,7)/t22-;;/m0../s1. The molecule has 1 aliphatic heterocycles. The van der Waals surface area contributed by atoms with Gasteiger partial charge < -0.3 is 46.7 Å². The van der Waals surface area contributed by atoms with Crippen LogP contribution in [0.15, 0.2) is 41.4 Å². The molecular weight excluding hydrogens is 754 g/mol. The number of fused-ring (bicyclic) bond motifs is 2. The van der Waals surface area contributed by atoms with Crippen LogP contribution < -0.4 is 42.0 Å². The summed E-state index contributed by atoms with van der Waals surface area (Å²) in [4.78, 5) is 54.9. The monoisotopic (exact) mass is 796 g/mol. The van der Waals surface area contributed by atoms with Crippen LogP contribution in [0.1, 0.15) is 33.6 Å². The number of alkyl carbamates (subject to hydrolysis) is 1. The van der Waals surface area contributed by atoms with Gasteiger partial charge in [0, 0.05) is 44.5 Å². The summed E-state index contributed by atoms with van der Waals surface area (Å²) >= 11 is 1.71. The summed E-state index contributed by atoms with van der Waals surface area (Å²) in [6, 6.07) is 11.7. The molecule has 0 spiro atoms. The number of alkyl halides is 6. The van der Waals surface area contributed by atoms with Crippen molar-refractivity contribution in [3.8, 4) is 10.6 Å². The third-order valence-electron chi connectivity index (χ3n) is 6.48. The summed E-state index contributed by atoms with van der Waals surface area (Å²) in [5.74, 6) is -6.07. The van der Waals surface area contributed by atoms with Gasteiger partial charge >= 0.3 is 24.4 Å². The highest BCUT2D eigenvalue weighted by Crippen LogP contribution is 2.31. The van der Waals surface area contributed by atoms with Crippen molar-refractivity contribution in [3.63, 3.8) is 0 Å². The highest BCUT2D eigenvalue weighted by Gasteiger charge is 2.38. The Morgan fingerprint density at radius 2 is 1.63 bits per heavy atom. The topological polar surface area (TPSA) is 228 Å². The Kier molecular flexibility index (Phi) is 17.4. The van der Waals surface area contributed by atoms with Crippen LogP contribution in [0.2, 0.25) is 0 Å². The quantitative estimate of drug-likeness (QED) is 0.0497. The van der Waals surface area contributed by atoms with E-state index in [1.54, 1.807) is 32.1 Å². The zero-order valence-corrected chi connectivity index (χ0v) is 30.9. The average molecular weight is 797 g/mol. The number of anilines is 1. The lowest BCUT2D eigenvalue weighted by atomic mass is 10.1. The first kappa shape index (κ1) is 46.6. The number of carbonyl (C=O) groups is 4. The molecule has 0 radical (unpaired) electrons. The van der Waals surface area contributed by atoms with Gasteiger partial charge in [0.2, 0.25) is 11.3 Å². The van der Waals surface area contributed by atoms with Crippen molar-refractivity contribution in [2.75, 3.05) is 45.7 Å². The second-order valence-corrected chi connectivity index (χ2v) is 13.4. The highest BCUT2D eigenvalue weighted by atomic mass is 32.1. The number of benzene rings is 2. The van der Waals surface area contributed by atoms with Crippen LogP contribution in [0.4, 0.5) is 36.8 Å². The molecule has 1 aliphatic carbocycles. The van der Waals surface area contributed by atoms with Crippen LogP contribution >= 0.6 is 11.3 Å². The number of nitrogens with one attached hydrogen (secondary N) is 2. The van der Waals surface area contributed by atoms with Gasteiger partial charge in [-0.25, -0.2) is 19.1 Å². The first-order valence-electron chi connectivity index (χ1n) is 15.7. The SMILES string of the molecule is CN(CCNC(=O)[C@H](CCCN=C(N)N)NC(=O)OC(C)(C)C)c1ccc2nc3ccc(=[N+](C)C)cc-3sc2c1.O=C(O)C(F)(F)F.O=C([O-])C(F)(F)F. The Hall–Kier alpha value is -5.41. The van der Waals surface area contributed by atoms with Crippen LogP contribution in [-0.4, -0.2) is 105 Å². The molecule has 54 heavy (non-hydrogen) atoms. The van der Waals surface area contributed by atoms with Crippen molar-refractivity contribution in [2.45, 2.75) is 57.6 Å². The third-order valence-corrected chi connectivity index (χ3v) is 7.57. The van der Waals surface area contributed by atoms with Crippen LogP contribution in [0.5, 0.6) is 0 Å². The molecule has 1 heterocycles. The number of carboxylic acids is 2. The minimum atomic E-state index is -5.19. The molecule has 15 nitrogen and oxygen atoms in total. The summed E-state index contributed by atoms with van der Waals surface area (Å²) in [7, 11) is 6.02. The van der Waals surface area contributed by atoms with E-state index in [1.807, 2.05) is 33.3 Å². The molecule has 1 aromatic carbocycles. The van der Waals surface area contributed by atoms with E-state index in [0.29, 0.717) is 32.5 Å². The number of halogens is 6. The molecule has 0 unspecified atom stereocenters. The zero-order valence-electron chi connectivity index (χ0n) is 30.1. The van der Waals surface area contributed by atoms with Gasteiger partial charge in [-0.1, -0.05) is 0 Å². The smallest absolute Gasteiger partial charge is 0.490 e. The van der Waals surface area contributed by atoms with Crippen LogP contribution in [0.3, 0.4) is 0 Å². The number of hydrogen-bond donors (Lipinski definition) is 5. The van der Waals surface area contributed by atoms with Crippen molar-refractivity contribution >= 4 is 57.1 Å². The number of amides is 2. The molecule has 3 rings (SSSR count). The minimum Gasteiger partial charge on any atom is -0.542 e. The van der Waals surface area contributed by atoms with Crippen LogP contribution in [-0.2, 0) is 19.1 Å². The summed E-state index contributed by atoms with van der Waals surface area (Å²) in [6.07, 6.45) is -10.0. The predicted molar refractivity (Wildman–Crippen MR) is 187 cm³/mol. The maximum Gasteiger partial charge on any atom is 0.490 e. The molecule has 0 bridgehead atoms. The van der Waals surface area contributed by atoms with Gasteiger partial charge in [-0.15, -0.1) is 11.3 Å². The van der Waals surface area contributed by atoms with E-state index in [-0.39, 0.29) is 11.9 Å². The van der Waals surface area contributed by atoms with E-state index in [1.165, 1.54) is 0 Å². The first-order chi connectivity index (χ1) is 24.7. The molecule has 1 atom stereocenters. The summed E-state index contributed by atoms with van der Waals surface area (Å²) < 4.78 is 71.8. The first-order valence-corrected chi connectivity index (χ1v) is 16.5. The average Bonchev–Trinajstić information content (AvgIpc) is 3.03. The number of ether oxygens (including phenoxy) is 1. The lowest BCUT2D eigenvalue weighted by molar-refractivity contribution is -0.344. The van der Waals surface area contributed by atoms with Crippen LogP contribution in [0, 0.1) is 0 Å². The number of aliphatic imine (C=N–C) groups is 1. The van der Waals surface area contributed by atoms with Gasteiger partial charge in [0.05, 0.1) is 20.8 Å². The van der Waals surface area contributed by atoms with Gasteiger partial charge in [0.25, 0.3) is 0 Å². The van der Waals surface area contributed by atoms with Gasteiger partial charge in [-0.2, -0.15) is 26.3 Å². The number of hydrogen-bond acceptors (Lipinski definition) is 10. The lowest BCUT2D eigenvalue weighted by Gasteiger charge is -2.24. The second kappa shape index (κ2) is 20.2. The van der Waals surface area contributed by atoms with E-state index in [0.717, 1.165) is 31.8 Å². The molecule has 0 saturated carbocycles. The molecule has 2 aliphatic rings. The predicted octanol–water partition coefficient (Wildman–Crippen LogP) is 1.86. The number of likely N-dealkylation sites (N-methyl/N-ethyl adjacent to an activating group) is 1. The van der Waals surface area contributed by atoms with E-state index in [9.17, 15) is 35.9 Å². The van der Waals surface area contributed by atoms with Crippen molar-refractivity contribution in [3.05, 3.63) is 41.8 Å². The van der Waals surface area contributed by atoms with Crippen molar-refractivity contribution in [2.24, 2.45) is 16.5 Å². The minimum absolute atomic E-state index is 0.0130. The largest absolute Gasteiger partial charge is 0.542 e. The van der Waals surface area contributed by atoms with Gasteiger partial charge in [0.1, 0.15) is 31.7 Å². The maximum atomic E-state index is 13.0. The molecule has 0 aromatic heterocycles. The fourth-order valence-corrected chi connectivity index (χ4v) is 4.97. The number of nitrogens with zero attached hydrogens (tertiary/aromatic N) is 4. The molecule has 0 fully saturated rings. The van der Waals surface area contributed by atoms with Gasteiger partial charge in [0.15, 0.2) is 5.96 Å². The number of rotatable bonds is 10. The maximum absolute atomic E-state index is 13.0. The van der Waals surface area contributed by atoms with Crippen molar-refractivity contribution in [1.82, 2.24) is 20.2 Å². The molecular formula is C32H42F6N8O7S. The molecule has 22 heteroatoms. The van der Waals surface area contributed by atoms with Crippen molar-refractivity contribution < 1.29 is 60.5 Å². The zero-order chi connectivity index (χ0) is 41.6. The van der Waals surface area contributed by atoms with Gasteiger partial charge in [-0.05, 0) is 57.9 Å². The van der Waals surface area contributed by atoms with Gasteiger partial charge in [-0.3, -0.25) is 9.79 Å². The van der Waals surface area contributed by atoms with E-state index in [2.05, 4.69) is 49.4 Å². The molecule has 0 saturated heterocycles. The fourth-order valence-electron chi connectivity index (χ4n) is 3.94. The second-order valence-electron chi connectivity index (χ2n) is 12.4. The Morgan fingerprint density at radius 3 is 2.13 bits per heavy atom. The summed E-state index contributed by atoms with van der Waals surface area (Å²) in [5.41, 5.74) is 13.0. The number of aliphatic carboxylic acids is 2. The third kappa shape index (κ3) is 17.4. The number of nitrogens with two attached hydrogens (primary N) is 2. The molecule has 1 aromatic rings. The number of guanidine groups is 1. The molecule has 300 valence electrons. The molecule has 2 amide bonds. The highest BCUT2D eigenvalue weighted by molar-refractivity contribution is 7.21. The number of carbonyl (C=O) groups excluding carboxylic acids is 3. The number of aromatic nitrogens is 1. The van der Waals surface area contributed by atoms with E-state index in [4.69, 9.17) is 41.0 Å². The van der Waals surface area contributed by atoms with E-state index >= 15 is 0 Å². The Morgan fingerprint density at radius 1 is 1.04 bits per heavy atom. The molecule has 7 N–H and O–H groups in total. The number of carboxylic acid groups (broad SMARTS) is 2. The van der Waals surface area contributed by atoms with E-state index < -0.39 is 42.0 Å². The Bertz CT molecular complexity index is 1800. The Balaban J connectivity index is 0.000000879. The van der Waals surface area contributed by atoms with Crippen molar-refractivity contribution in [1.29, 1.82) is 0 Å². The lowest BCUT2D eigenvalue weighted by Crippen LogP contribution is -2.49.